The second-order valence-electron chi connectivity index (χ2n) is 3.57. The van der Waals surface area contributed by atoms with E-state index in [0.29, 0.717) is 5.41 Å². The fourth-order valence-electron chi connectivity index (χ4n) is 1.95. The van der Waals surface area contributed by atoms with Crippen LogP contribution in [0.5, 0.6) is 0 Å². The Morgan fingerprint density at radius 1 is 0.909 bits per heavy atom. The number of hydrogen-bond acceptors (Lipinski definition) is 0. The van der Waals surface area contributed by atoms with Crippen LogP contribution in [0.2, 0.25) is 0 Å². The first kappa shape index (κ1) is 6.90. The molecule has 2 rings (SSSR count). The van der Waals surface area contributed by atoms with Gasteiger partial charge in [-0.05, 0) is 31.1 Å². The maximum atomic E-state index is 2.39. The number of rotatable bonds is 0. The predicted octanol–water partition coefficient (Wildman–Crippen LogP) is 3.23. The fraction of sp³-hybridized carbons (Fsp3) is 0.455. The summed E-state index contributed by atoms with van der Waals surface area (Å²) in [5.41, 5.74) is 0.503. The van der Waals surface area contributed by atoms with Gasteiger partial charge in [0, 0.05) is 0 Å². The Labute approximate surface area is 68.3 Å². The lowest BCUT2D eigenvalue weighted by Crippen LogP contribution is -2.19. The summed E-state index contributed by atoms with van der Waals surface area (Å²) >= 11 is 0. The van der Waals surface area contributed by atoms with Crippen LogP contribution >= 0.6 is 0 Å². The highest BCUT2D eigenvalue weighted by atomic mass is 14.3. The number of hydrogen-bond donors (Lipinski definition) is 0. The smallest absolute Gasteiger partial charge is 0.00432 e. The van der Waals surface area contributed by atoms with Crippen molar-refractivity contribution in [3.8, 4) is 0 Å². The van der Waals surface area contributed by atoms with E-state index in [1.54, 1.807) is 0 Å². The first-order valence-corrected chi connectivity index (χ1v) is 4.41. The van der Waals surface area contributed by atoms with Crippen molar-refractivity contribution >= 4 is 0 Å². The Morgan fingerprint density at radius 2 is 1.82 bits per heavy atom. The lowest BCUT2D eigenvalue weighted by atomic mass is 9.73. The third-order valence-electron chi connectivity index (χ3n) is 2.72. The molecule has 0 aliphatic heterocycles. The monoisotopic (exact) mass is 146 g/mol. The maximum Gasteiger partial charge on any atom is -0.00432 e. The molecule has 0 saturated heterocycles. The minimum atomic E-state index is 0.503. The van der Waals surface area contributed by atoms with Crippen LogP contribution in [0.25, 0.3) is 0 Å². The summed E-state index contributed by atoms with van der Waals surface area (Å²) in [4.78, 5) is 0. The zero-order valence-corrected chi connectivity index (χ0v) is 6.79. The molecule has 1 atom stereocenters. The van der Waals surface area contributed by atoms with Gasteiger partial charge in [0.15, 0.2) is 0 Å². The van der Waals surface area contributed by atoms with Crippen molar-refractivity contribution < 1.29 is 0 Å². The molecule has 2 aliphatic rings. The molecule has 0 saturated carbocycles. The van der Waals surface area contributed by atoms with E-state index < -0.39 is 0 Å². The molecule has 58 valence electrons. The molecule has 0 fully saturated rings. The second-order valence-corrected chi connectivity index (χ2v) is 3.57. The van der Waals surface area contributed by atoms with Gasteiger partial charge >= 0.3 is 0 Å². The van der Waals surface area contributed by atoms with Gasteiger partial charge < -0.3 is 0 Å². The maximum absolute atomic E-state index is 2.39. The average Bonchev–Trinajstić information content (AvgIpc) is 2.07. The lowest BCUT2D eigenvalue weighted by molar-refractivity contribution is 0.347. The van der Waals surface area contributed by atoms with E-state index in [1.165, 1.54) is 25.7 Å². The minimum absolute atomic E-state index is 0.503. The highest BCUT2D eigenvalue weighted by Gasteiger charge is 2.26. The predicted molar refractivity (Wildman–Crippen MR) is 48.3 cm³/mol. The van der Waals surface area contributed by atoms with Gasteiger partial charge in [-0.2, -0.15) is 0 Å². The molecule has 0 bridgehead atoms. The zero-order valence-electron chi connectivity index (χ0n) is 6.79. The van der Waals surface area contributed by atoms with Crippen LogP contribution < -0.4 is 0 Å². The van der Waals surface area contributed by atoms with E-state index in [1.807, 2.05) is 0 Å². The van der Waals surface area contributed by atoms with Crippen molar-refractivity contribution in [2.45, 2.75) is 25.7 Å². The van der Waals surface area contributed by atoms with Crippen molar-refractivity contribution in [2.75, 3.05) is 0 Å². The van der Waals surface area contributed by atoms with E-state index in [9.17, 15) is 0 Å². The van der Waals surface area contributed by atoms with Crippen molar-refractivity contribution in [1.29, 1.82) is 0 Å². The van der Waals surface area contributed by atoms with Crippen LogP contribution in [-0.4, -0.2) is 0 Å². The molecule has 0 aromatic rings. The van der Waals surface area contributed by atoms with E-state index in [0.717, 1.165) is 0 Å². The molecule has 1 spiro atoms. The summed E-state index contributed by atoms with van der Waals surface area (Å²) in [6, 6.07) is 0. The molecule has 11 heavy (non-hydrogen) atoms. The highest BCUT2D eigenvalue weighted by Crippen LogP contribution is 2.39. The molecule has 0 aromatic heterocycles. The van der Waals surface area contributed by atoms with Crippen LogP contribution in [0.3, 0.4) is 0 Å². The molecule has 0 aromatic carbocycles. The highest BCUT2D eigenvalue weighted by molar-refractivity contribution is 5.19. The van der Waals surface area contributed by atoms with E-state index in [-0.39, 0.29) is 0 Å². The summed E-state index contributed by atoms with van der Waals surface area (Å²) in [6.45, 7) is 0. The van der Waals surface area contributed by atoms with Crippen LogP contribution in [0.4, 0.5) is 0 Å². The van der Waals surface area contributed by atoms with Gasteiger partial charge in [-0.1, -0.05) is 36.5 Å². The summed E-state index contributed by atoms with van der Waals surface area (Å²) < 4.78 is 0. The van der Waals surface area contributed by atoms with Gasteiger partial charge in [0.2, 0.25) is 0 Å². The first-order chi connectivity index (χ1) is 5.41. The van der Waals surface area contributed by atoms with Crippen molar-refractivity contribution in [2.24, 2.45) is 5.41 Å². The van der Waals surface area contributed by atoms with E-state index >= 15 is 0 Å². The summed E-state index contributed by atoms with van der Waals surface area (Å²) in [6.07, 6.45) is 18.7. The first-order valence-electron chi connectivity index (χ1n) is 4.41. The van der Waals surface area contributed by atoms with E-state index in [2.05, 4.69) is 36.5 Å². The van der Waals surface area contributed by atoms with Crippen molar-refractivity contribution in [3.63, 3.8) is 0 Å². The van der Waals surface area contributed by atoms with Crippen LogP contribution in [0.1, 0.15) is 25.7 Å². The molecule has 0 N–H and O–H groups in total. The van der Waals surface area contributed by atoms with Gasteiger partial charge in [0.05, 0.1) is 0 Å². The summed E-state index contributed by atoms with van der Waals surface area (Å²) in [5.74, 6) is 0. The van der Waals surface area contributed by atoms with Gasteiger partial charge in [-0.3, -0.25) is 0 Å². The SMILES string of the molecule is C1=CCC2(C=C1)CC=CCC2. The largest absolute Gasteiger partial charge is 0.0885 e. The van der Waals surface area contributed by atoms with Gasteiger partial charge in [-0.15, -0.1) is 0 Å². The third-order valence-corrected chi connectivity index (χ3v) is 2.72. The molecule has 1 unspecified atom stereocenters. The normalized spacial score (nSPS) is 34.9. The molecule has 0 heteroatoms. The van der Waals surface area contributed by atoms with Gasteiger partial charge in [0.1, 0.15) is 0 Å². The topological polar surface area (TPSA) is 0 Å². The summed E-state index contributed by atoms with van der Waals surface area (Å²) in [5, 5.41) is 0. The third kappa shape index (κ3) is 1.30. The van der Waals surface area contributed by atoms with Gasteiger partial charge in [-0.25, -0.2) is 0 Å². The fourth-order valence-corrected chi connectivity index (χ4v) is 1.95. The van der Waals surface area contributed by atoms with Crippen molar-refractivity contribution in [1.82, 2.24) is 0 Å². The summed E-state index contributed by atoms with van der Waals surface area (Å²) in [7, 11) is 0. The minimum Gasteiger partial charge on any atom is -0.0885 e. The Kier molecular flexibility index (Phi) is 1.69. The quantitative estimate of drug-likeness (QED) is 0.460. The number of allylic oxidation sites excluding steroid dienone is 6. The second kappa shape index (κ2) is 2.69. The van der Waals surface area contributed by atoms with Crippen LogP contribution in [-0.2, 0) is 0 Å². The Balaban J connectivity index is 2.16. The van der Waals surface area contributed by atoms with Gasteiger partial charge in [0.25, 0.3) is 0 Å². The lowest BCUT2D eigenvalue weighted by Gasteiger charge is -2.32. The molecular formula is C11H14. The van der Waals surface area contributed by atoms with E-state index in [4.69, 9.17) is 0 Å². The molecule has 0 heterocycles. The molecule has 0 radical (unpaired) electrons. The molecule has 0 amide bonds. The molecular weight excluding hydrogens is 132 g/mol. The molecule has 2 aliphatic carbocycles. The zero-order chi connectivity index (χ0) is 7.57. The van der Waals surface area contributed by atoms with Crippen LogP contribution in [0.15, 0.2) is 36.5 Å². The standard InChI is InChI=1S/C11H14/c1-3-7-11(8-4-1)9-5-2-6-10-11/h1-5,7H,6,8-10H2. The Morgan fingerprint density at radius 3 is 2.45 bits per heavy atom. The average molecular weight is 146 g/mol. The van der Waals surface area contributed by atoms with Crippen molar-refractivity contribution in [3.05, 3.63) is 36.5 Å². The Hall–Kier alpha value is -0.780. The Bertz CT molecular complexity index is 220. The van der Waals surface area contributed by atoms with Crippen LogP contribution in [0, 0.1) is 5.41 Å². The molecule has 0 nitrogen and oxygen atoms in total.